The molecule has 1 saturated heterocycles. The maximum Gasteiger partial charge on any atom is 0.252 e. The molecule has 15 heteroatoms. The molecule has 0 bridgehead atoms. The summed E-state index contributed by atoms with van der Waals surface area (Å²) >= 11 is 0. The second-order valence-electron chi connectivity index (χ2n) is 12.3. The Kier molecular flexibility index (Phi) is 14.4. The van der Waals surface area contributed by atoms with E-state index in [0.29, 0.717) is 0 Å². The first-order chi connectivity index (χ1) is 23.8. The van der Waals surface area contributed by atoms with Gasteiger partial charge in [0, 0.05) is 25.6 Å². The maximum absolute atomic E-state index is 13.7. The van der Waals surface area contributed by atoms with Gasteiger partial charge in [-0.25, -0.2) is 0 Å². The molecule has 0 aromatic heterocycles. The normalized spacial score (nSPS) is 21.5. The van der Waals surface area contributed by atoms with Gasteiger partial charge in [-0.2, -0.15) is 0 Å². The first kappa shape index (κ1) is 39.1. The fraction of sp³-hybridized carbons (Fsp3) is 0.486. The van der Waals surface area contributed by atoms with Crippen molar-refractivity contribution in [1.82, 2.24) is 31.5 Å². The van der Waals surface area contributed by atoms with E-state index >= 15 is 0 Å². The first-order valence-electron chi connectivity index (χ1n) is 16.4. The predicted molar refractivity (Wildman–Crippen MR) is 184 cm³/mol. The highest BCUT2D eigenvalue weighted by molar-refractivity contribution is 6.00. The molecule has 1 aliphatic rings. The van der Waals surface area contributed by atoms with Crippen LogP contribution in [0.3, 0.4) is 0 Å². The number of rotatable bonds is 8. The average Bonchev–Trinajstić information content (AvgIpc) is 3.09. The van der Waals surface area contributed by atoms with Crippen LogP contribution in [0.2, 0.25) is 0 Å². The molecule has 272 valence electrons. The van der Waals surface area contributed by atoms with Gasteiger partial charge in [0.15, 0.2) is 11.5 Å². The van der Waals surface area contributed by atoms with E-state index in [1.165, 1.54) is 52.3 Å². The fourth-order valence-corrected chi connectivity index (χ4v) is 5.38. The van der Waals surface area contributed by atoms with E-state index < -0.39 is 65.5 Å². The number of methoxy groups -OCH3 is 3. The number of carbonyl (C=O) groups excluding carboxylic acids is 6. The lowest BCUT2D eigenvalue weighted by Crippen LogP contribution is -2.59. The van der Waals surface area contributed by atoms with Crippen LogP contribution in [0.15, 0.2) is 42.5 Å². The van der Waals surface area contributed by atoms with Gasteiger partial charge in [0.2, 0.25) is 35.3 Å². The molecule has 0 saturated carbocycles. The number of benzene rings is 2. The van der Waals surface area contributed by atoms with Crippen molar-refractivity contribution in [2.24, 2.45) is 5.92 Å². The molecular formula is C35H48N6O9. The Morgan fingerprint density at radius 3 is 2.12 bits per heavy atom. The maximum atomic E-state index is 13.7. The van der Waals surface area contributed by atoms with Gasteiger partial charge in [-0.1, -0.05) is 44.2 Å². The van der Waals surface area contributed by atoms with Crippen LogP contribution in [0.5, 0.6) is 17.2 Å². The molecular weight excluding hydrogens is 648 g/mol. The number of hydrogen-bond donors (Lipinski definition) is 5. The zero-order valence-corrected chi connectivity index (χ0v) is 29.6. The van der Waals surface area contributed by atoms with Crippen LogP contribution in [-0.4, -0.2) is 106 Å². The lowest BCUT2D eigenvalue weighted by Gasteiger charge is -2.28. The Balaban J connectivity index is 1.89. The third-order valence-electron chi connectivity index (χ3n) is 8.19. The van der Waals surface area contributed by atoms with Crippen molar-refractivity contribution in [2.75, 3.05) is 41.5 Å². The van der Waals surface area contributed by atoms with E-state index in [1.54, 1.807) is 13.8 Å². The van der Waals surface area contributed by atoms with E-state index in [0.717, 1.165) is 5.56 Å². The second kappa shape index (κ2) is 18.4. The van der Waals surface area contributed by atoms with Gasteiger partial charge < -0.3 is 45.7 Å². The zero-order valence-electron chi connectivity index (χ0n) is 29.6. The molecule has 2 aromatic rings. The van der Waals surface area contributed by atoms with E-state index in [1.807, 2.05) is 30.3 Å². The molecule has 3 rings (SSSR count). The monoisotopic (exact) mass is 696 g/mol. The van der Waals surface area contributed by atoms with Crippen molar-refractivity contribution >= 4 is 35.4 Å². The SMILES string of the molecule is COc1cc(C(=O)N[C@H]2CCCNC(=O)CN(C)C(=O)[C@H](Cc3ccccc3)NC(=O)[C@@H](C)NC(=O)[C@@H](C(C)C)NC2=O)cc(OC)c1OC. The molecule has 1 aliphatic heterocycles. The van der Waals surface area contributed by atoms with E-state index in [2.05, 4.69) is 26.6 Å². The first-order valence-corrected chi connectivity index (χ1v) is 16.4. The van der Waals surface area contributed by atoms with Gasteiger partial charge in [0.25, 0.3) is 5.91 Å². The van der Waals surface area contributed by atoms with Crippen molar-refractivity contribution in [3.63, 3.8) is 0 Å². The van der Waals surface area contributed by atoms with Crippen LogP contribution in [0.25, 0.3) is 0 Å². The predicted octanol–water partition coefficient (Wildman–Crippen LogP) is 0.552. The molecule has 0 radical (unpaired) electrons. The van der Waals surface area contributed by atoms with Gasteiger partial charge >= 0.3 is 0 Å². The van der Waals surface area contributed by atoms with Crippen molar-refractivity contribution in [1.29, 1.82) is 0 Å². The van der Waals surface area contributed by atoms with E-state index in [9.17, 15) is 28.8 Å². The number of carbonyl (C=O) groups is 6. The van der Waals surface area contributed by atoms with Gasteiger partial charge in [0.1, 0.15) is 24.2 Å². The smallest absolute Gasteiger partial charge is 0.252 e. The fourth-order valence-electron chi connectivity index (χ4n) is 5.38. The number of hydrogen-bond acceptors (Lipinski definition) is 9. The van der Waals surface area contributed by atoms with Gasteiger partial charge in [-0.15, -0.1) is 0 Å². The molecule has 1 fully saturated rings. The number of nitrogens with one attached hydrogen (secondary N) is 5. The van der Waals surface area contributed by atoms with Gasteiger partial charge in [0.05, 0.1) is 27.9 Å². The van der Waals surface area contributed by atoms with Crippen molar-refractivity contribution in [3.8, 4) is 17.2 Å². The molecule has 1 heterocycles. The third-order valence-corrected chi connectivity index (χ3v) is 8.19. The lowest BCUT2D eigenvalue weighted by molar-refractivity contribution is -0.139. The van der Waals surface area contributed by atoms with E-state index in [-0.39, 0.29) is 55.2 Å². The van der Waals surface area contributed by atoms with Gasteiger partial charge in [-0.3, -0.25) is 28.8 Å². The number of likely N-dealkylation sites (N-methyl/N-ethyl adjacent to an activating group) is 1. The van der Waals surface area contributed by atoms with Crippen molar-refractivity contribution in [2.45, 2.75) is 64.2 Å². The Morgan fingerprint density at radius 1 is 0.900 bits per heavy atom. The van der Waals surface area contributed by atoms with Crippen LogP contribution in [0.1, 0.15) is 49.5 Å². The highest BCUT2D eigenvalue weighted by atomic mass is 16.5. The highest BCUT2D eigenvalue weighted by Gasteiger charge is 2.33. The van der Waals surface area contributed by atoms with Crippen LogP contribution in [0.4, 0.5) is 0 Å². The molecule has 50 heavy (non-hydrogen) atoms. The number of ether oxygens (including phenoxy) is 3. The van der Waals surface area contributed by atoms with Crippen LogP contribution >= 0.6 is 0 Å². The van der Waals surface area contributed by atoms with E-state index in [4.69, 9.17) is 14.2 Å². The zero-order chi connectivity index (χ0) is 37.0. The minimum atomic E-state index is -1.13. The topological polar surface area (TPSA) is 193 Å². The molecule has 6 amide bonds. The van der Waals surface area contributed by atoms with Crippen LogP contribution in [0, 0.1) is 5.92 Å². The van der Waals surface area contributed by atoms with Crippen LogP contribution < -0.4 is 40.8 Å². The Hall–Kier alpha value is -5.34. The minimum Gasteiger partial charge on any atom is -0.493 e. The van der Waals surface area contributed by atoms with Crippen molar-refractivity contribution < 1.29 is 43.0 Å². The summed E-state index contributed by atoms with van der Waals surface area (Å²) in [6.07, 6.45) is 0.507. The molecule has 4 atom stereocenters. The summed E-state index contributed by atoms with van der Waals surface area (Å²) in [6.45, 7) is 4.76. The summed E-state index contributed by atoms with van der Waals surface area (Å²) in [7, 11) is 5.70. The van der Waals surface area contributed by atoms with Crippen LogP contribution in [-0.2, 0) is 30.4 Å². The second-order valence-corrected chi connectivity index (χ2v) is 12.3. The molecule has 5 N–H and O–H groups in total. The molecule has 0 unspecified atom stereocenters. The molecule has 0 spiro atoms. The number of amides is 6. The minimum absolute atomic E-state index is 0.0848. The molecule has 0 aliphatic carbocycles. The average molecular weight is 697 g/mol. The molecule has 15 nitrogen and oxygen atoms in total. The third kappa shape index (κ3) is 10.6. The summed E-state index contributed by atoms with van der Waals surface area (Å²) in [5.74, 6) is -3.12. The van der Waals surface area contributed by atoms with Crippen molar-refractivity contribution in [3.05, 3.63) is 53.6 Å². The summed E-state index contributed by atoms with van der Waals surface area (Å²) < 4.78 is 16.0. The summed E-state index contributed by atoms with van der Waals surface area (Å²) in [6, 6.07) is 7.66. The Bertz CT molecular complexity index is 1510. The highest BCUT2D eigenvalue weighted by Crippen LogP contribution is 2.38. The Morgan fingerprint density at radius 2 is 1.54 bits per heavy atom. The quantitative estimate of drug-likeness (QED) is 0.262. The summed E-state index contributed by atoms with van der Waals surface area (Å²) in [4.78, 5) is 81.5. The largest absolute Gasteiger partial charge is 0.493 e. The Labute approximate surface area is 292 Å². The summed E-state index contributed by atoms with van der Waals surface area (Å²) in [5, 5.41) is 13.5. The van der Waals surface area contributed by atoms with Gasteiger partial charge in [-0.05, 0) is 43.4 Å². The summed E-state index contributed by atoms with van der Waals surface area (Å²) in [5.41, 5.74) is 0.911. The molecule has 2 aromatic carbocycles. The standard InChI is InChI=1S/C35H48N6O9/c1-20(2)29-34(46)37-21(3)31(43)39-25(16-22-12-9-8-10-13-22)35(47)41(4)19-28(42)36-15-11-14-24(33(45)40-29)38-32(44)23-17-26(48-5)30(50-7)27(18-23)49-6/h8-10,12-13,17-18,20-21,24-25,29H,11,14-16,19H2,1-7H3,(H,36,42)(H,37,46)(H,38,44)(H,39,43)(H,40,45)/t21-,24+,25+,29-/m1/s1. The number of nitrogens with zero attached hydrogens (tertiary/aromatic N) is 1. The lowest BCUT2D eigenvalue weighted by atomic mass is 10.0.